The topological polar surface area (TPSA) is 86.7 Å². The molecule has 0 aliphatic carbocycles. The number of amides is 1. The molecule has 43 heavy (non-hydrogen) atoms. The highest BCUT2D eigenvalue weighted by atomic mass is 35.5. The fourth-order valence-electron chi connectivity index (χ4n) is 6.04. The zero-order valence-electron chi connectivity index (χ0n) is 25.2. The van der Waals surface area contributed by atoms with Crippen LogP contribution < -0.4 is 10.0 Å². The Kier molecular flexibility index (Phi) is 9.53. The number of sulfonamides is 1. The first-order chi connectivity index (χ1) is 20.5. The second kappa shape index (κ2) is 13.0. The highest BCUT2D eigenvalue weighted by Gasteiger charge is 2.38. The van der Waals surface area contributed by atoms with E-state index < -0.39 is 10.0 Å². The highest BCUT2D eigenvalue weighted by molar-refractivity contribution is 7.92. The maximum atomic E-state index is 13.4. The van der Waals surface area contributed by atoms with E-state index in [0.717, 1.165) is 43.4 Å². The van der Waals surface area contributed by atoms with Gasteiger partial charge >= 0.3 is 0 Å². The monoisotopic (exact) mass is 641 g/mol. The van der Waals surface area contributed by atoms with E-state index in [1.165, 1.54) is 4.88 Å². The second-order valence-corrected chi connectivity index (χ2v) is 14.6. The summed E-state index contributed by atoms with van der Waals surface area (Å²) in [7, 11) is 0.483. The van der Waals surface area contributed by atoms with Crippen LogP contribution in [-0.2, 0) is 26.9 Å². The average molecular weight is 642 g/mol. The third kappa shape index (κ3) is 6.78. The van der Waals surface area contributed by atoms with Gasteiger partial charge in [-0.15, -0.1) is 11.3 Å². The molecular formula is C32H40ClN5O3S2. The van der Waals surface area contributed by atoms with E-state index in [2.05, 4.69) is 51.4 Å². The molecule has 0 unspecified atom stereocenters. The average Bonchev–Trinajstić information content (AvgIpc) is 3.65. The lowest BCUT2D eigenvalue weighted by Crippen LogP contribution is -2.51. The third-order valence-corrected chi connectivity index (χ3v) is 11.6. The number of likely N-dealkylation sites (tertiary alicyclic amines) is 1. The number of nitrogens with zero attached hydrogens (tertiary/aromatic N) is 3. The summed E-state index contributed by atoms with van der Waals surface area (Å²) in [6, 6.07) is 15.1. The Morgan fingerprint density at radius 2 is 1.81 bits per heavy atom. The molecule has 1 amide bonds. The molecular weight excluding hydrogens is 602 g/mol. The number of halogens is 1. The van der Waals surface area contributed by atoms with Crippen molar-refractivity contribution in [2.45, 2.75) is 50.1 Å². The fourth-order valence-corrected chi connectivity index (χ4v) is 8.71. The first kappa shape index (κ1) is 31.5. The summed E-state index contributed by atoms with van der Waals surface area (Å²) in [5.41, 5.74) is 2.57. The van der Waals surface area contributed by atoms with Crippen molar-refractivity contribution in [2.75, 3.05) is 45.0 Å². The molecule has 1 aliphatic rings. The first-order valence-electron chi connectivity index (χ1n) is 14.6. The van der Waals surface area contributed by atoms with Gasteiger partial charge in [0.15, 0.2) is 0 Å². The zero-order valence-corrected chi connectivity index (χ0v) is 27.6. The Hall–Kier alpha value is -2.89. The minimum Gasteiger partial charge on any atom is -0.355 e. The Labute approximate surface area is 263 Å². The molecule has 230 valence electrons. The standard InChI is InChI=1S/C32H40ClN5O3S2/c1-23-22-28(24(2)21-26(23)33)43(40,41)35-27-8-5-7-25-10-15-38(31(25)27)16-11-30(39)34-14-19-37-17-12-32(13-18-37,36(3)4)29-9-6-20-42-29/h5-10,15,20-22,35H,11-14,16-19H2,1-4H3,(H,34,39). The molecule has 0 bridgehead atoms. The summed E-state index contributed by atoms with van der Waals surface area (Å²) in [6.45, 7) is 7.36. The van der Waals surface area contributed by atoms with Crippen LogP contribution in [0.4, 0.5) is 5.69 Å². The Balaban J connectivity index is 1.17. The maximum absolute atomic E-state index is 13.4. The number of aromatic nitrogens is 1. The van der Waals surface area contributed by atoms with E-state index in [0.29, 0.717) is 41.3 Å². The summed E-state index contributed by atoms with van der Waals surface area (Å²) in [5, 5.41) is 6.66. The molecule has 1 saturated heterocycles. The van der Waals surface area contributed by atoms with Crippen LogP contribution in [0.2, 0.25) is 5.02 Å². The van der Waals surface area contributed by atoms with Gasteiger partial charge in [0.1, 0.15) is 0 Å². The van der Waals surface area contributed by atoms with Crippen molar-refractivity contribution in [1.82, 2.24) is 19.7 Å². The maximum Gasteiger partial charge on any atom is 0.262 e. The van der Waals surface area contributed by atoms with E-state index >= 15 is 0 Å². The van der Waals surface area contributed by atoms with Gasteiger partial charge in [-0.05, 0) is 87.6 Å². The number of thiophene rings is 1. The van der Waals surface area contributed by atoms with Gasteiger partial charge < -0.3 is 14.8 Å². The summed E-state index contributed by atoms with van der Waals surface area (Å²) < 4.78 is 31.4. The minimum atomic E-state index is -3.86. The molecule has 2 aromatic carbocycles. The third-order valence-electron chi connectivity index (χ3n) is 8.63. The van der Waals surface area contributed by atoms with Crippen LogP contribution in [-0.4, -0.2) is 69.0 Å². The van der Waals surface area contributed by atoms with Crippen molar-refractivity contribution in [1.29, 1.82) is 0 Å². The van der Waals surface area contributed by atoms with Gasteiger partial charge in [0.05, 0.1) is 21.6 Å². The number of carbonyl (C=O) groups excluding carboxylic acids is 1. The zero-order chi connectivity index (χ0) is 30.8. The first-order valence-corrected chi connectivity index (χ1v) is 17.3. The van der Waals surface area contributed by atoms with Crippen LogP contribution in [0.3, 0.4) is 0 Å². The van der Waals surface area contributed by atoms with E-state index in [4.69, 9.17) is 11.6 Å². The number of fused-ring (bicyclic) bond motifs is 1. The van der Waals surface area contributed by atoms with Crippen LogP contribution in [0, 0.1) is 13.8 Å². The SMILES string of the molecule is Cc1cc(S(=O)(=O)Nc2cccc3ccn(CCC(=O)NCCN4CCC(c5cccs5)(N(C)C)CC4)c23)c(C)cc1Cl. The number of nitrogens with one attached hydrogen (secondary N) is 2. The Morgan fingerprint density at radius 1 is 1.05 bits per heavy atom. The largest absolute Gasteiger partial charge is 0.355 e. The van der Waals surface area contributed by atoms with E-state index in [9.17, 15) is 13.2 Å². The van der Waals surface area contributed by atoms with Gasteiger partial charge in [0.2, 0.25) is 5.91 Å². The molecule has 3 heterocycles. The number of carbonyl (C=O) groups is 1. The Bertz CT molecular complexity index is 1690. The van der Waals surface area contributed by atoms with E-state index in [-0.39, 0.29) is 16.3 Å². The van der Waals surface area contributed by atoms with Gasteiger partial charge in [0.25, 0.3) is 10.0 Å². The van der Waals surface area contributed by atoms with Crippen molar-refractivity contribution < 1.29 is 13.2 Å². The molecule has 0 saturated carbocycles. The number of anilines is 1. The molecule has 0 atom stereocenters. The number of piperidine rings is 1. The summed E-state index contributed by atoms with van der Waals surface area (Å²) >= 11 is 8.03. The van der Waals surface area contributed by atoms with Crippen molar-refractivity contribution in [2.24, 2.45) is 0 Å². The summed E-state index contributed by atoms with van der Waals surface area (Å²) in [4.78, 5) is 19.2. The van der Waals surface area contributed by atoms with E-state index in [1.54, 1.807) is 32.0 Å². The fraction of sp³-hybridized carbons (Fsp3) is 0.406. The van der Waals surface area contributed by atoms with Gasteiger partial charge in [0, 0.05) is 60.6 Å². The van der Waals surface area contributed by atoms with Crippen molar-refractivity contribution >= 4 is 55.5 Å². The normalized spacial score (nSPS) is 15.7. The van der Waals surface area contributed by atoms with Crippen molar-refractivity contribution in [3.8, 4) is 0 Å². The predicted molar refractivity (Wildman–Crippen MR) is 177 cm³/mol. The lowest BCUT2D eigenvalue weighted by Gasteiger charge is -2.45. The number of rotatable bonds is 11. The molecule has 2 N–H and O–H groups in total. The van der Waals surface area contributed by atoms with Gasteiger partial charge in [-0.2, -0.15) is 0 Å². The number of benzene rings is 2. The van der Waals surface area contributed by atoms with Gasteiger partial charge in [-0.25, -0.2) is 8.42 Å². The van der Waals surface area contributed by atoms with Crippen LogP contribution in [0.5, 0.6) is 0 Å². The number of hydrogen-bond donors (Lipinski definition) is 2. The molecule has 1 aliphatic heterocycles. The van der Waals surface area contributed by atoms with Crippen LogP contribution in [0.25, 0.3) is 10.9 Å². The number of hydrogen-bond acceptors (Lipinski definition) is 6. The number of para-hydroxylation sites is 1. The second-order valence-electron chi connectivity index (χ2n) is 11.6. The highest BCUT2D eigenvalue weighted by Crippen LogP contribution is 2.39. The molecule has 4 aromatic rings. The lowest BCUT2D eigenvalue weighted by molar-refractivity contribution is -0.121. The van der Waals surface area contributed by atoms with Gasteiger partial charge in [-0.1, -0.05) is 29.8 Å². The number of aryl methyl sites for hydroxylation is 3. The van der Waals surface area contributed by atoms with E-state index in [1.807, 2.05) is 40.3 Å². The quantitative estimate of drug-likeness (QED) is 0.215. The van der Waals surface area contributed by atoms with Crippen LogP contribution in [0.1, 0.15) is 35.3 Å². The van der Waals surface area contributed by atoms with Crippen LogP contribution in [0.15, 0.2) is 65.0 Å². The summed E-state index contributed by atoms with van der Waals surface area (Å²) in [5.74, 6) is -0.0228. The molecule has 5 rings (SSSR count). The smallest absolute Gasteiger partial charge is 0.262 e. The molecule has 8 nitrogen and oxygen atoms in total. The lowest BCUT2D eigenvalue weighted by atomic mass is 9.84. The van der Waals surface area contributed by atoms with Crippen LogP contribution >= 0.6 is 22.9 Å². The molecule has 0 radical (unpaired) electrons. The summed E-state index contributed by atoms with van der Waals surface area (Å²) in [6.07, 6.45) is 4.32. The Morgan fingerprint density at radius 3 is 2.51 bits per heavy atom. The predicted octanol–water partition coefficient (Wildman–Crippen LogP) is 5.83. The molecule has 0 spiro atoms. The molecule has 2 aromatic heterocycles. The van der Waals surface area contributed by atoms with Gasteiger partial charge in [-0.3, -0.25) is 14.4 Å². The molecule has 11 heteroatoms. The van der Waals surface area contributed by atoms with Crippen molar-refractivity contribution in [3.05, 3.63) is 81.1 Å². The molecule has 1 fully saturated rings. The minimum absolute atomic E-state index is 0.0228. The van der Waals surface area contributed by atoms with Crippen molar-refractivity contribution in [3.63, 3.8) is 0 Å².